The molecule has 1 spiro atoms. The van der Waals surface area contributed by atoms with Crippen LogP contribution in [0.4, 0.5) is 13.2 Å². The number of benzene rings is 3. The zero-order valence-corrected chi connectivity index (χ0v) is 24.8. The zero-order valence-electron chi connectivity index (χ0n) is 24.8. The largest absolute Gasteiger partial charge is 0.573 e. The predicted molar refractivity (Wildman–Crippen MR) is 161 cm³/mol. The van der Waals surface area contributed by atoms with Crippen molar-refractivity contribution in [3.8, 4) is 17.2 Å². The minimum atomic E-state index is -4.81. The van der Waals surface area contributed by atoms with Crippen LogP contribution in [0.2, 0.25) is 0 Å². The molecule has 3 aromatic carbocycles. The van der Waals surface area contributed by atoms with E-state index in [2.05, 4.69) is 21.8 Å². The monoisotopic (exact) mass is 620 g/mol. The van der Waals surface area contributed by atoms with Gasteiger partial charge in [-0.25, -0.2) is 0 Å². The number of phenolic OH excluding ortho intramolecular Hbond substituents is 1. The van der Waals surface area contributed by atoms with E-state index in [4.69, 9.17) is 4.74 Å². The number of amides is 1. The van der Waals surface area contributed by atoms with Gasteiger partial charge in [0.25, 0.3) is 0 Å². The number of aliphatic hydroxyl groups is 1. The van der Waals surface area contributed by atoms with Gasteiger partial charge in [-0.2, -0.15) is 0 Å². The van der Waals surface area contributed by atoms with E-state index in [1.807, 2.05) is 24.3 Å². The van der Waals surface area contributed by atoms with Gasteiger partial charge in [-0.1, -0.05) is 48.5 Å². The maximum absolute atomic E-state index is 13.4. The summed E-state index contributed by atoms with van der Waals surface area (Å²) in [7, 11) is 1.68. The number of halogens is 3. The van der Waals surface area contributed by atoms with E-state index < -0.39 is 23.5 Å². The highest BCUT2D eigenvalue weighted by Gasteiger charge is 2.72. The molecule has 2 N–H and O–H groups in total. The summed E-state index contributed by atoms with van der Waals surface area (Å²) in [6.45, 7) is 1.56. The summed E-state index contributed by atoms with van der Waals surface area (Å²) in [6.07, 6.45) is 0.447. The first-order valence-electron chi connectivity index (χ1n) is 15.3. The Morgan fingerprint density at radius 1 is 1.16 bits per heavy atom. The molecule has 10 heteroatoms. The maximum atomic E-state index is 13.4. The molecule has 5 atom stereocenters. The molecule has 236 valence electrons. The summed E-state index contributed by atoms with van der Waals surface area (Å²) in [5.41, 5.74) is 1.70. The lowest BCUT2D eigenvalue weighted by atomic mass is 9.48. The van der Waals surface area contributed by atoms with Gasteiger partial charge in [-0.15, -0.1) is 13.2 Å². The molecule has 7 nitrogen and oxygen atoms in total. The minimum Gasteiger partial charge on any atom is -0.504 e. The Morgan fingerprint density at radius 2 is 1.96 bits per heavy atom. The third-order valence-electron chi connectivity index (χ3n) is 10.4. The summed E-state index contributed by atoms with van der Waals surface area (Å²) < 4.78 is 48.5. The molecule has 2 fully saturated rings. The molecule has 0 radical (unpaired) electrons. The normalized spacial score (nSPS) is 28.4. The van der Waals surface area contributed by atoms with Gasteiger partial charge in [0.05, 0.1) is 11.0 Å². The Morgan fingerprint density at radius 3 is 2.73 bits per heavy atom. The standard InChI is InChI=1S/C35H35F3N2O5/c1-39(30(42)13-10-23-8-5-9-26(18-23)45-35(36,37)38)25-20-29-33-15-17-40(16-14-22-6-3-2-4-7-22)28(34(33,43)21-25)19-24-11-12-27(41)32(44-29)31(24)33/h2-13,18,25,28-29,41,43H,14-17,19-21H2,1H3/b13-10+/t25?,28-,29?,33-,34-/m1/s1. The van der Waals surface area contributed by atoms with Gasteiger partial charge in [-0.05, 0) is 73.2 Å². The molecule has 1 amide bonds. The lowest BCUT2D eigenvalue weighted by Gasteiger charge is -2.64. The van der Waals surface area contributed by atoms with Gasteiger partial charge in [0.1, 0.15) is 11.9 Å². The number of ether oxygens (including phenoxy) is 2. The average Bonchev–Trinajstić information content (AvgIpc) is 3.34. The van der Waals surface area contributed by atoms with E-state index in [1.165, 1.54) is 35.9 Å². The second kappa shape index (κ2) is 10.8. The fourth-order valence-electron chi connectivity index (χ4n) is 8.39. The van der Waals surface area contributed by atoms with Crippen LogP contribution in [-0.4, -0.2) is 76.2 Å². The average molecular weight is 621 g/mol. The van der Waals surface area contributed by atoms with Gasteiger partial charge in [0, 0.05) is 43.7 Å². The number of hydrogen-bond donors (Lipinski definition) is 2. The van der Waals surface area contributed by atoms with Crippen LogP contribution in [0.25, 0.3) is 6.08 Å². The topological polar surface area (TPSA) is 82.5 Å². The van der Waals surface area contributed by atoms with Crippen LogP contribution >= 0.6 is 0 Å². The Hall–Kier alpha value is -4.02. The number of likely N-dealkylation sites (N-methyl/N-ethyl adjacent to an activating group) is 1. The summed E-state index contributed by atoms with van der Waals surface area (Å²) in [5.74, 6) is -0.206. The first kappa shape index (κ1) is 29.7. The Balaban J connectivity index is 1.16. The van der Waals surface area contributed by atoms with Crippen LogP contribution < -0.4 is 9.47 Å². The SMILES string of the molecule is CN(C(=O)/C=C/c1cccc(OC(F)(F)F)c1)C1CC2Oc3c(O)ccc4c3[C@@]23CCN(CCc2ccccc2)[C@H](C4)[C@]3(O)C1. The number of rotatable bonds is 7. The number of aromatic hydroxyl groups is 1. The molecular weight excluding hydrogens is 585 g/mol. The van der Waals surface area contributed by atoms with Gasteiger partial charge >= 0.3 is 6.36 Å². The lowest BCUT2D eigenvalue weighted by Crippen LogP contribution is -2.77. The van der Waals surface area contributed by atoms with E-state index in [0.29, 0.717) is 37.0 Å². The number of carbonyl (C=O) groups is 1. The number of likely N-dealkylation sites (tertiary alicyclic amines) is 1. The molecular formula is C35H35F3N2O5. The molecule has 2 heterocycles. The summed E-state index contributed by atoms with van der Waals surface area (Å²) in [5, 5.41) is 23.8. The molecule has 4 aliphatic rings. The highest BCUT2D eigenvalue weighted by atomic mass is 19.4. The molecule has 2 aliphatic heterocycles. The van der Waals surface area contributed by atoms with Crippen molar-refractivity contribution in [2.45, 2.75) is 67.7 Å². The fourth-order valence-corrected chi connectivity index (χ4v) is 8.39. The number of nitrogens with zero attached hydrogens (tertiary/aromatic N) is 2. The molecule has 2 bridgehead atoms. The van der Waals surface area contributed by atoms with E-state index in [0.717, 1.165) is 30.6 Å². The second-order valence-corrected chi connectivity index (χ2v) is 12.7. The van der Waals surface area contributed by atoms with Gasteiger partial charge in [-0.3, -0.25) is 9.69 Å². The smallest absolute Gasteiger partial charge is 0.504 e. The van der Waals surface area contributed by atoms with E-state index in [1.54, 1.807) is 24.1 Å². The summed E-state index contributed by atoms with van der Waals surface area (Å²) in [4.78, 5) is 17.4. The van der Waals surface area contributed by atoms with Crippen LogP contribution in [0.15, 0.2) is 72.8 Å². The summed E-state index contributed by atoms with van der Waals surface area (Å²) in [6, 6.07) is 18.7. The Labute approximate surface area is 259 Å². The predicted octanol–water partition coefficient (Wildman–Crippen LogP) is 5.23. The van der Waals surface area contributed by atoms with E-state index in [9.17, 15) is 28.2 Å². The van der Waals surface area contributed by atoms with Crippen molar-refractivity contribution >= 4 is 12.0 Å². The maximum Gasteiger partial charge on any atom is 0.573 e. The Bertz CT molecular complexity index is 1650. The van der Waals surface area contributed by atoms with Crippen molar-refractivity contribution in [2.24, 2.45) is 0 Å². The number of carbonyl (C=O) groups excluding carboxylic acids is 1. The molecule has 45 heavy (non-hydrogen) atoms. The molecule has 1 saturated carbocycles. The van der Waals surface area contributed by atoms with Crippen LogP contribution in [0.1, 0.15) is 41.5 Å². The molecule has 1 saturated heterocycles. The van der Waals surface area contributed by atoms with Crippen molar-refractivity contribution < 1.29 is 37.7 Å². The van der Waals surface area contributed by atoms with Crippen LogP contribution in [0.5, 0.6) is 17.2 Å². The van der Waals surface area contributed by atoms with E-state index >= 15 is 0 Å². The van der Waals surface area contributed by atoms with Gasteiger partial charge in [0.2, 0.25) is 5.91 Å². The van der Waals surface area contributed by atoms with Crippen molar-refractivity contribution in [3.05, 3.63) is 95.1 Å². The van der Waals surface area contributed by atoms with Crippen LogP contribution in [-0.2, 0) is 23.1 Å². The Kier molecular flexibility index (Phi) is 7.13. The second-order valence-electron chi connectivity index (χ2n) is 12.7. The summed E-state index contributed by atoms with van der Waals surface area (Å²) >= 11 is 0. The van der Waals surface area contributed by atoms with Crippen LogP contribution in [0, 0.1) is 0 Å². The number of phenols is 1. The lowest BCUT2D eigenvalue weighted by molar-refractivity contribution is -0.274. The first-order chi connectivity index (χ1) is 21.5. The third kappa shape index (κ3) is 4.95. The van der Waals surface area contributed by atoms with Crippen LogP contribution in [0.3, 0.4) is 0 Å². The van der Waals surface area contributed by atoms with Gasteiger partial charge in [0.15, 0.2) is 11.5 Å². The molecule has 2 aliphatic carbocycles. The van der Waals surface area contributed by atoms with Gasteiger partial charge < -0.3 is 24.6 Å². The highest BCUT2D eigenvalue weighted by molar-refractivity contribution is 5.92. The minimum absolute atomic E-state index is 0.0606. The molecule has 2 unspecified atom stereocenters. The molecule has 7 rings (SSSR count). The van der Waals surface area contributed by atoms with Crippen molar-refractivity contribution in [1.82, 2.24) is 9.80 Å². The zero-order chi connectivity index (χ0) is 31.6. The quantitative estimate of drug-likeness (QED) is 0.353. The van der Waals surface area contributed by atoms with E-state index in [-0.39, 0.29) is 29.5 Å². The highest BCUT2D eigenvalue weighted by Crippen LogP contribution is 2.65. The van der Waals surface area contributed by atoms with Crippen molar-refractivity contribution in [1.29, 1.82) is 0 Å². The fraction of sp³-hybridized carbons (Fsp3) is 0.400. The number of piperidine rings is 1. The third-order valence-corrected chi connectivity index (χ3v) is 10.4. The molecule has 3 aromatic rings. The number of alkyl halides is 3. The first-order valence-corrected chi connectivity index (χ1v) is 15.3. The molecule has 0 aromatic heterocycles. The van der Waals surface area contributed by atoms with Crippen molar-refractivity contribution in [2.75, 3.05) is 20.1 Å². The van der Waals surface area contributed by atoms with Crippen molar-refractivity contribution in [3.63, 3.8) is 0 Å². The number of hydrogen-bond acceptors (Lipinski definition) is 6.